The fraction of sp³-hybridized carbons (Fsp3) is 0.125. The lowest BCUT2D eigenvalue weighted by Gasteiger charge is -2.05. The SMILES string of the molecule is Cc1cccc(C(=O)C#Cc2cccc(C(F)(F)F)c2)n1. The Balaban J connectivity index is 2.25. The number of ketones is 1. The number of aryl methyl sites for hydroxylation is 1. The van der Waals surface area contributed by atoms with Crippen LogP contribution in [0.1, 0.15) is 27.3 Å². The van der Waals surface area contributed by atoms with Gasteiger partial charge in [0.2, 0.25) is 0 Å². The number of carbonyl (C=O) groups is 1. The van der Waals surface area contributed by atoms with E-state index in [1.807, 2.05) is 0 Å². The van der Waals surface area contributed by atoms with Crippen molar-refractivity contribution in [3.05, 3.63) is 65.0 Å². The Morgan fingerprint density at radius 2 is 1.86 bits per heavy atom. The van der Waals surface area contributed by atoms with Gasteiger partial charge < -0.3 is 0 Å². The zero-order chi connectivity index (χ0) is 15.5. The van der Waals surface area contributed by atoms with Gasteiger partial charge in [0.25, 0.3) is 5.78 Å². The number of carbonyl (C=O) groups excluding carboxylic acids is 1. The van der Waals surface area contributed by atoms with E-state index in [-0.39, 0.29) is 11.3 Å². The fourth-order valence-electron chi connectivity index (χ4n) is 1.64. The van der Waals surface area contributed by atoms with Crippen molar-refractivity contribution in [3.8, 4) is 11.8 Å². The molecule has 0 N–H and O–H groups in total. The van der Waals surface area contributed by atoms with Crippen molar-refractivity contribution in [1.82, 2.24) is 4.98 Å². The lowest BCUT2D eigenvalue weighted by atomic mass is 10.1. The number of hydrogen-bond donors (Lipinski definition) is 0. The zero-order valence-electron chi connectivity index (χ0n) is 11.0. The third-order valence-electron chi connectivity index (χ3n) is 2.63. The molecule has 0 radical (unpaired) electrons. The molecule has 0 aliphatic carbocycles. The molecule has 0 spiro atoms. The van der Waals surface area contributed by atoms with Crippen LogP contribution in [0.5, 0.6) is 0 Å². The molecule has 0 fully saturated rings. The number of aromatic nitrogens is 1. The Morgan fingerprint density at radius 3 is 2.52 bits per heavy atom. The van der Waals surface area contributed by atoms with Gasteiger partial charge in [-0.25, -0.2) is 4.98 Å². The second kappa shape index (κ2) is 5.80. The highest BCUT2D eigenvalue weighted by molar-refractivity contribution is 6.08. The molecule has 0 saturated carbocycles. The highest BCUT2D eigenvalue weighted by Crippen LogP contribution is 2.29. The average molecular weight is 289 g/mol. The first kappa shape index (κ1) is 14.8. The van der Waals surface area contributed by atoms with Crippen LogP contribution in [0.3, 0.4) is 0 Å². The maximum absolute atomic E-state index is 12.6. The van der Waals surface area contributed by atoms with Crippen LogP contribution in [0.4, 0.5) is 13.2 Å². The second-order valence-corrected chi connectivity index (χ2v) is 4.32. The predicted octanol–water partition coefficient (Wildman–Crippen LogP) is 3.64. The van der Waals surface area contributed by atoms with Crippen molar-refractivity contribution < 1.29 is 18.0 Å². The minimum Gasteiger partial charge on any atom is -0.277 e. The number of rotatable bonds is 1. The summed E-state index contributed by atoms with van der Waals surface area (Å²) in [5.74, 6) is 4.21. The van der Waals surface area contributed by atoms with E-state index in [4.69, 9.17) is 0 Å². The van der Waals surface area contributed by atoms with Gasteiger partial charge in [0.1, 0.15) is 5.69 Å². The quantitative estimate of drug-likeness (QED) is 0.592. The van der Waals surface area contributed by atoms with Crippen molar-refractivity contribution in [2.24, 2.45) is 0 Å². The fourth-order valence-corrected chi connectivity index (χ4v) is 1.64. The largest absolute Gasteiger partial charge is 0.416 e. The standard InChI is InChI=1S/C16H10F3NO/c1-11-4-2-7-14(20-11)15(21)9-8-12-5-3-6-13(10-12)16(17,18)19/h2-7,10H,1H3. The van der Waals surface area contributed by atoms with Gasteiger partial charge in [-0.15, -0.1) is 0 Å². The molecule has 1 aromatic heterocycles. The summed E-state index contributed by atoms with van der Waals surface area (Å²) in [7, 11) is 0. The van der Waals surface area contributed by atoms with E-state index in [0.29, 0.717) is 5.69 Å². The predicted molar refractivity (Wildman–Crippen MR) is 71.6 cm³/mol. The summed E-state index contributed by atoms with van der Waals surface area (Å²) in [6.07, 6.45) is -4.43. The van der Waals surface area contributed by atoms with Gasteiger partial charge in [-0.3, -0.25) is 4.79 Å². The summed E-state index contributed by atoms with van der Waals surface area (Å²) in [4.78, 5) is 15.8. The van der Waals surface area contributed by atoms with Gasteiger partial charge in [-0.05, 0) is 43.2 Å². The molecule has 0 bridgehead atoms. The summed E-state index contributed by atoms with van der Waals surface area (Å²) < 4.78 is 37.7. The van der Waals surface area contributed by atoms with Crippen molar-refractivity contribution in [2.45, 2.75) is 13.1 Å². The van der Waals surface area contributed by atoms with E-state index in [0.717, 1.165) is 12.1 Å². The minimum atomic E-state index is -4.43. The number of pyridine rings is 1. The zero-order valence-corrected chi connectivity index (χ0v) is 11.0. The molecular weight excluding hydrogens is 279 g/mol. The summed E-state index contributed by atoms with van der Waals surface area (Å²) in [6, 6.07) is 9.44. The van der Waals surface area contributed by atoms with Crippen LogP contribution >= 0.6 is 0 Å². The van der Waals surface area contributed by atoms with Gasteiger partial charge in [0, 0.05) is 11.3 Å². The van der Waals surface area contributed by atoms with Gasteiger partial charge in [-0.1, -0.05) is 18.1 Å². The van der Waals surface area contributed by atoms with Crippen LogP contribution in [0.25, 0.3) is 0 Å². The minimum absolute atomic E-state index is 0.130. The van der Waals surface area contributed by atoms with Crippen LogP contribution in [-0.2, 0) is 6.18 Å². The first-order valence-electron chi connectivity index (χ1n) is 6.03. The molecular formula is C16H10F3NO. The number of nitrogens with zero attached hydrogens (tertiary/aromatic N) is 1. The van der Waals surface area contributed by atoms with Crippen molar-refractivity contribution >= 4 is 5.78 Å². The molecule has 2 rings (SSSR count). The van der Waals surface area contributed by atoms with Crippen LogP contribution < -0.4 is 0 Å². The number of hydrogen-bond acceptors (Lipinski definition) is 2. The third kappa shape index (κ3) is 3.93. The lowest BCUT2D eigenvalue weighted by molar-refractivity contribution is -0.137. The molecule has 0 unspecified atom stereocenters. The first-order valence-corrected chi connectivity index (χ1v) is 6.03. The number of halogens is 3. The van der Waals surface area contributed by atoms with E-state index < -0.39 is 17.5 Å². The van der Waals surface area contributed by atoms with E-state index in [1.54, 1.807) is 19.1 Å². The maximum atomic E-state index is 12.6. The van der Waals surface area contributed by atoms with E-state index in [2.05, 4.69) is 16.8 Å². The molecule has 0 saturated heterocycles. The molecule has 21 heavy (non-hydrogen) atoms. The normalized spacial score (nSPS) is 10.7. The molecule has 0 aliphatic rings. The molecule has 0 atom stereocenters. The second-order valence-electron chi connectivity index (χ2n) is 4.32. The number of benzene rings is 1. The summed E-state index contributed by atoms with van der Waals surface area (Å²) in [5.41, 5.74) is 0.178. The van der Waals surface area contributed by atoms with Gasteiger partial charge in [-0.2, -0.15) is 13.2 Å². The van der Waals surface area contributed by atoms with E-state index in [9.17, 15) is 18.0 Å². The molecule has 106 valence electrons. The molecule has 1 heterocycles. The Hall–Kier alpha value is -2.61. The highest BCUT2D eigenvalue weighted by atomic mass is 19.4. The summed E-state index contributed by atoms with van der Waals surface area (Å²) >= 11 is 0. The highest BCUT2D eigenvalue weighted by Gasteiger charge is 2.30. The van der Waals surface area contributed by atoms with Crippen molar-refractivity contribution in [3.63, 3.8) is 0 Å². The van der Waals surface area contributed by atoms with E-state index in [1.165, 1.54) is 18.2 Å². The Morgan fingerprint density at radius 1 is 1.14 bits per heavy atom. The van der Waals surface area contributed by atoms with Gasteiger partial charge >= 0.3 is 6.18 Å². The summed E-state index contributed by atoms with van der Waals surface area (Å²) in [6.45, 7) is 1.73. The Bertz CT molecular complexity index is 739. The lowest BCUT2D eigenvalue weighted by Crippen LogP contribution is -2.04. The first-order chi connectivity index (χ1) is 9.86. The van der Waals surface area contributed by atoms with Crippen LogP contribution in [-0.4, -0.2) is 10.8 Å². The molecule has 2 nitrogen and oxygen atoms in total. The van der Waals surface area contributed by atoms with Crippen molar-refractivity contribution in [2.75, 3.05) is 0 Å². The molecule has 2 aromatic rings. The topological polar surface area (TPSA) is 30.0 Å². The van der Waals surface area contributed by atoms with Crippen LogP contribution in [0.2, 0.25) is 0 Å². The van der Waals surface area contributed by atoms with Crippen LogP contribution in [0.15, 0.2) is 42.5 Å². The van der Waals surface area contributed by atoms with Gasteiger partial charge in [0.05, 0.1) is 5.56 Å². The Labute approximate surface area is 119 Å². The maximum Gasteiger partial charge on any atom is 0.416 e. The smallest absolute Gasteiger partial charge is 0.277 e. The molecule has 5 heteroatoms. The molecule has 0 aliphatic heterocycles. The molecule has 0 amide bonds. The van der Waals surface area contributed by atoms with Crippen molar-refractivity contribution in [1.29, 1.82) is 0 Å². The third-order valence-corrected chi connectivity index (χ3v) is 2.63. The summed E-state index contributed by atoms with van der Waals surface area (Å²) in [5, 5.41) is 0. The Kier molecular flexibility index (Phi) is 4.08. The van der Waals surface area contributed by atoms with Crippen LogP contribution in [0, 0.1) is 18.8 Å². The average Bonchev–Trinajstić information content (AvgIpc) is 2.44. The number of Topliss-reactive ketones (excluding diaryl/α,β-unsaturated/α-hetero) is 1. The van der Waals surface area contributed by atoms with Gasteiger partial charge in [0.15, 0.2) is 0 Å². The van der Waals surface area contributed by atoms with E-state index >= 15 is 0 Å². The monoisotopic (exact) mass is 289 g/mol. The molecule has 1 aromatic carbocycles. The number of alkyl halides is 3.